The first-order chi connectivity index (χ1) is 9.17. The summed E-state index contributed by atoms with van der Waals surface area (Å²) in [4.78, 5) is 22.9. The Balaban J connectivity index is 1.90. The summed E-state index contributed by atoms with van der Waals surface area (Å²) in [7, 11) is 1.46. The molecule has 0 unspecified atom stereocenters. The first kappa shape index (κ1) is 13.4. The van der Waals surface area contributed by atoms with Gasteiger partial charge in [-0.2, -0.15) is 0 Å². The number of ether oxygens (including phenoxy) is 1. The average Bonchev–Trinajstić information content (AvgIpc) is 3.13. The minimum atomic E-state index is -0.234. The van der Waals surface area contributed by atoms with Gasteiger partial charge < -0.3 is 20.7 Å². The maximum atomic E-state index is 11.6. The Morgan fingerprint density at radius 1 is 1.26 bits per heavy atom. The van der Waals surface area contributed by atoms with Gasteiger partial charge >= 0.3 is 6.03 Å². The number of methoxy groups -OCH3 is 1. The Bertz CT molecular complexity index is 472. The van der Waals surface area contributed by atoms with Crippen LogP contribution in [-0.4, -0.2) is 31.7 Å². The highest BCUT2D eigenvalue weighted by atomic mass is 16.5. The minimum absolute atomic E-state index is 0.000176. The third-order valence-corrected chi connectivity index (χ3v) is 2.59. The molecule has 3 amide bonds. The minimum Gasteiger partial charge on any atom is -0.375 e. The molecule has 0 radical (unpaired) electrons. The fourth-order valence-corrected chi connectivity index (χ4v) is 1.58. The van der Waals surface area contributed by atoms with Gasteiger partial charge in [0.05, 0.1) is 0 Å². The lowest BCUT2D eigenvalue weighted by molar-refractivity contribution is -0.119. The van der Waals surface area contributed by atoms with Crippen LogP contribution in [0.5, 0.6) is 0 Å². The summed E-state index contributed by atoms with van der Waals surface area (Å²) in [5, 5.41) is 8.23. The summed E-state index contributed by atoms with van der Waals surface area (Å²) in [5.41, 5.74) is 1.25. The van der Waals surface area contributed by atoms with Crippen molar-refractivity contribution in [2.24, 2.45) is 0 Å². The van der Waals surface area contributed by atoms with E-state index in [1.807, 2.05) is 0 Å². The Labute approximate surface area is 111 Å². The van der Waals surface area contributed by atoms with Crippen LogP contribution in [0.25, 0.3) is 0 Å². The number of nitrogens with one attached hydrogen (secondary N) is 3. The van der Waals surface area contributed by atoms with Crippen LogP contribution >= 0.6 is 0 Å². The van der Waals surface area contributed by atoms with E-state index < -0.39 is 0 Å². The van der Waals surface area contributed by atoms with Crippen molar-refractivity contribution < 1.29 is 14.3 Å². The van der Waals surface area contributed by atoms with E-state index in [1.165, 1.54) is 7.11 Å². The molecule has 1 aromatic rings. The molecule has 1 aliphatic rings. The molecule has 19 heavy (non-hydrogen) atoms. The van der Waals surface area contributed by atoms with Gasteiger partial charge in [0.25, 0.3) is 0 Å². The van der Waals surface area contributed by atoms with Crippen molar-refractivity contribution in [3.8, 4) is 0 Å². The lowest BCUT2D eigenvalue weighted by atomic mass is 10.2. The average molecular weight is 263 g/mol. The van der Waals surface area contributed by atoms with Crippen molar-refractivity contribution in [3.05, 3.63) is 24.3 Å². The molecule has 6 nitrogen and oxygen atoms in total. The maximum Gasteiger partial charge on any atom is 0.319 e. The smallest absolute Gasteiger partial charge is 0.319 e. The molecule has 0 bridgehead atoms. The quantitative estimate of drug-likeness (QED) is 0.754. The SMILES string of the molecule is COCC(=O)Nc1cccc(NC(=O)NC2CC2)c1. The normalized spacial score (nSPS) is 13.7. The van der Waals surface area contributed by atoms with Gasteiger partial charge in [0.1, 0.15) is 6.61 Å². The second kappa shape index (κ2) is 6.19. The van der Waals surface area contributed by atoms with E-state index >= 15 is 0 Å². The zero-order valence-corrected chi connectivity index (χ0v) is 10.7. The van der Waals surface area contributed by atoms with Crippen LogP contribution < -0.4 is 16.0 Å². The number of amides is 3. The van der Waals surface area contributed by atoms with Crippen LogP contribution in [0, 0.1) is 0 Å². The summed E-state index contributed by atoms with van der Waals surface area (Å²) in [5.74, 6) is -0.234. The van der Waals surface area contributed by atoms with E-state index in [0.717, 1.165) is 12.8 Å². The summed E-state index contributed by atoms with van der Waals surface area (Å²) in [6.45, 7) is -0.000176. The van der Waals surface area contributed by atoms with Gasteiger partial charge in [-0.15, -0.1) is 0 Å². The molecule has 0 aromatic heterocycles. The molecule has 0 aliphatic heterocycles. The van der Waals surface area contributed by atoms with Gasteiger partial charge in [0.15, 0.2) is 0 Å². The first-order valence-electron chi connectivity index (χ1n) is 6.14. The number of carbonyl (C=O) groups excluding carboxylic acids is 2. The number of urea groups is 1. The topological polar surface area (TPSA) is 79.5 Å². The number of carbonyl (C=O) groups is 2. The van der Waals surface area contributed by atoms with Gasteiger partial charge in [0.2, 0.25) is 5.91 Å². The molecule has 3 N–H and O–H groups in total. The standard InChI is InChI=1S/C13H17N3O3/c1-19-8-12(17)14-10-3-2-4-11(7-10)16-13(18)15-9-5-6-9/h2-4,7,9H,5-6,8H2,1H3,(H,14,17)(H2,15,16,18). The zero-order valence-electron chi connectivity index (χ0n) is 10.7. The maximum absolute atomic E-state index is 11.6. The number of hydrogen-bond acceptors (Lipinski definition) is 3. The van der Waals surface area contributed by atoms with E-state index in [0.29, 0.717) is 17.4 Å². The first-order valence-corrected chi connectivity index (χ1v) is 6.14. The van der Waals surface area contributed by atoms with Gasteiger partial charge in [0, 0.05) is 24.5 Å². The predicted molar refractivity (Wildman–Crippen MR) is 72.1 cm³/mol. The summed E-state index contributed by atoms with van der Waals surface area (Å²) < 4.78 is 4.73. The Morgan fingerprint density at radius 2 is 1.95 bits per heavy atom. The van der Waals surface area contributed by atoms with Gasteiger partial charge in [-0.1, -0.05) is 6.07 Å². The Hall–Kier alpha value is -2.08. The molecular weight excluding hydrogens is 246 g/mol. The number of benzene rings is 1. The Kier molecular flexibility index (Phi) is 4.35. The van der Waals surface area contributed by atoms with Crippen molar-refractivity contribution in [2.45, 2.75) is 18.9 Å². The summed E-state index contributed by atoms with van der Waals surface area (Å²) in [6, 6.07) is 7.05. The fraction of sp³-hybridized carbons (Fsp3) is 0.385. The third kappa shape index (κ3) is 4.59. The van der Waals surface area contributed by atoms with Crippen LogP contribution in [0.2, 0.25) is 0 Å². The molecule has 2 rings (SSSR count). The van der Waals surface area contributed by atoms with Crippen LogP contribution in [0.3, 0.4) is 0 Å². The van der Waals surface area contributed by atoms with Gasteiger partial charge in [-0.25, -0.2) is 4.79 Å². The zero-order chi connectivity index (χ0) is 13.7. The molecule has 1 aliphatic carbocycles. The second-order valence-electron chi connectivity index (χ2n) is 4.43. The third-order valence-electron chi connectivity index (χ3n) is 2.59. The molecule has 1 saturated carbocycles. The summed E-state index contributed by atoms with van der Waals surface area (Å²) >= 11 is 0. The van der Waals surface area contributed by atoms with Crippen molar-refractivity contribution >= 4 is 23.3 Å². The molecule has 0 saturated heterocycles. The highest BCUT2D eigenvalue weighted by Crippen LogP contribution is 2.19. The van der Waals surface area contributed by atoms with Gasteiger partial charge in [-0.05, 0) is 31.0 Å². The van der Waals surface area contributed by atoms with Gasteiger partial charge in [-0.3, -0.25) is 4.79 Å². The molecule has 102 valence electrons. The van der Waals surface area contributed by atoms with E-state index in [9.17, 15) is 9.59 Å². The van der Waals surface area contributed by atoms with E-state index in [-0.39, 0.29) is 18.5 Å². The van der Waals surface area contributed by atoms with E-state index in [2.05, 4.69) is 16.0 Å². The van der Waals surface area contributed by atoms with Crippen molar-refractivity contribution in [1.82, 2.24) is 5.32 Å². The van der Waals surface area contributed by atoms with Crippen molar-refractivity contribution in [3.63, 3.8) is 0 Å². The highest BCUT2D eigenvalue weighted by Gasteiger charge is 2.23. The molecule has 0 heterocycles. The van der Waals surface area contributed by atoms with Crippen LogP contribution in [0.1, 0.15) is 12.8 Å². The number of hydrogen-bond donors (Lipinski definition) is 3. The largest absolute Gasteiger partial charge is 0.375 e. The molecule has 0 atom stereocenters. The number of rotatable bonds is 5. The van der Waals surface area contributed by atoms with Crippen molar-refractivity contribution in [1.29, 1.82) is 0 Å². The Morgan fingerprint density at radius 3 is 2.58 bits per heavy atom. The van der Waals surface area contributed by atoms with Crippen LogP contribution in [0.4, 0.5) is 16.2 Å². The highest BCUT2D eigenvalue weighted by molar-refractivity contribution is 5.94. The lowest BCUT2D eigenvalue weighted by Gasteiger charge is -2.09. The molecule has 6 heteroatoms. The monoisotopic (exact) mass is 263 g/mol. The predicted octanol–water partition coefficient (Wildman–Crippen LogP) is 1.56. The van der Waals surface area contributed by atoms with E-state index in [1.54, 1.807) is 24.3 Å². The van der Waals surface area contributed by atoms with Crippen molar-refractivity contribution in [2.75, 3.05) is 24.4 Å². The molecule has 1 fully saturated rings. The summed E-state index contributed by atoms with van der Waals surface area (Å²) in [6.07, 6.45) is 2.08. The van der Waals surface area contributed by atoms with Crippen LogP contribution in [0.15, 0.2) is 24.3 Å². The van der Waals surface area contributed by atoms with Crippen LogP contribution in [-0.2, 0) is 9.53 Å². The lowest BCUT2D eigenvalue weighted by Crippen LogP contribution is -2.30. The molecule has 1 aromatic carbocycles. The number of anilines is 2. The fourth-order valence-electron chi connectivity index (χ4n) is 1.58. The molecule has 0 spiro atoms. The second-order valence-corrected chi connectivity index (χ2v) is 4.43. The van der Waals surface area contributed by atoms with E-state index in [4.69, 9.17) is 4.74 Å². The molecular formula is C13H17N3O3.